The van der Waals surface area contributed by atoms with Crippen molar-refractivity contribution in [1.29, 1.82) is 0 Å². The van der Waals surface area contributed by atoms with Crippen molar-refractivity contribution in [3.8, 4) is 5.75 Å². The number of benzene rings is 2. The van der Waals surface area contributed by atoms with Crippen molar-refractivity contribution in [2.75, 3.05) is 14.2 Å². The van der Waals surface area contributed by atoms with Gasteiger partial charge in [-0.1, -0.05) is 46.3 Å². The van der Waals surface area contributed by atoms with Crippen molar-refractivity contribution in [3.05, 3.63) is 64.1 Å². The van der Waals surface area contributed by atoms with Crippen LogP contribution in [0.15, 0.2) is 53.0 Å². The first-order valence-electron chi connectivity index (χ1n) is 9.32. The molecule has 30 heavy (non-hydrogen) atoms. The molecule has 0 saturated carbocycles. The molecule has 0 spiro atoms. The number of hydrogen-bond donors (Lipinski definition) is 1. The predicted molar refractivity (Wildman–Crippen MR) is 110 cm³/mol. The molecule has 0 aromatic heterocycles. The van der Waals surface area contributed by atoms with E-state index in [-0.39, 0.29) is 0 Å². The molecule has 0 bridgehead atoms. The van der Waals surface area contributed by atoms with Crippen LogP contribution in [0.2, 0.25) is 0 Å². The average Bonchev–Trinajstić information content (AvgIpc) is 3.05. The second kappa shape index (κ2) is 7.21. The van der Waals surface area contributed by atoms with Gasteiger partial charge in [0.25, 0.3) is 0 Å². The lowest BCUT2D eigenvalue weighted by atomic mass is 9.62. The molecule has 4 rings (SSSR count). The van der Waals surface area contributed by atoms with E-state index in [1.807, 2.05) is 0 Å². The zero-order valence-corrected chi connectivity index (χ0v) is 18.2. The summed E-state index contributed by atoms with van der Waals surface area (Å²) in [7, 11) is 2.49. The number of carbonyl (C=O) groups excluding carboxylic acids is 3. The van der Waals surface area contributed by atoms with Crippen molar-refractivity contribution < 1.29 is 28.6 Å². The van der Waals surface area contributed by atoms with Gasteiger partial charge in [0.2, 0.25) is 0 Å². The van der Waals surface area contributed by atoms with E-state index in [1.54, 1.807) is 55.5 Å². The molecule has 2 aromatic carbocycles. The Kier molecular flexibility index (Phi) is 4.94. The van der Waals surface area contributed by atoms with Crippen molar-refractivity contribution in [2.45, 2.75) is 24.4 Å². The van der Waals surface area contributed by atoms with Gasteiger partial charge < -0.3 is 14.2 Å². The molecule has 0 radical (unpaired) electrons. The van der Waals surface area contributed by atoms with Gasteiger partial charge in [0.15, 0.2) is 5.41 Å². The van der Waals surface area contributed by atoms with Gasteiger partial charge in [0, 0.05) is 16.0 Å². The number of methoxy groups -OCH3 is 2. The van der Waals surface area contributed by atoms with Gasteiger partial charge in [0.1, 0.15) is 11.3 Å². The van der Waals surface area contributed by atoms with Gasteiger partial charge in [-0.3, -0.25) is 19.7 Å². The maximum absolute atomic E-state index is 13.5. The zero-order valence-electron chi connectivity index (χ0n) is 16.6. The molecule has 7 nitrogen and oxygen atoms in total. The lowest BCUT2D eigenvalue weighted by Gasteiger charge is -2.40. The Hall–Kier alpha value is -2.71. The lowest BCUT2D eigenvalue weighted by molar-refractivity contribution is -0.170. The Morgan fingerprint density at radius 2 is 1.67 bits per heavy atom. The van der Waals surface area contributed by atoms with Crippen LogP contribution in [0.1, 0.15) is 30.0 Å². The number of para-hydroxylation sites is 1. The van der Waals surface area contributed by atoms with Crippen LogP contribution in [0.3, 0.4) is 0 Å². The smallest absolute Gasteiger partial charge is 0.331 e. The lowest BCUT2D eigenvalue weighted by Crippen LogP contribution is -2.55. The van der Waals surface area contributed by atoms with Crippen molar-refractivity contribution in [2.24, 2.45) is 5.41 Å². The summed E-state index contributed by atoms with van der Waals surface area (Å²) in [6, 6.07) is 13.1. The molecule has 0 amide bonds. The molecule has 2 aromatic rings. The molecule has 0 aliphatic carbocycles. The normalized spacial score (nSPS) is 29.4. The van der Waals surface area contributed by atoms with Crippen LogP contribution in [0.5, 0.6) is 5.75 Å². The highest BCUT2D eigenvalue weighted by Gasteiger charge is 2.75. The molecule has 1 fully saturated rings. The van der Waals surface area contributed by atoms with Crippen LogP contribution in [-0.4, -0.2) is 37.7 Å². The van der Waals surface area contributed by atoms with E-state index in [0.717, 1.165) is 4.47 Å². The SMILES string of the molecule is COC(=O)[C@@]12C(=O)Oc3ccccc3[C@@H]1[C@@](C)(C(=O)OC)N[C@H]2c1ccc(Br)cc1. The van der Waals surface area contributed by atoms with Crippen LogP contribution >= 0.6 is 15.9 Å². The molecule has 4 atom stereocenters. The van der Waals surface area contributed by atoms with Crippen LogP contribution in [0.25, 0.3) is 0 Å². The minimum Gasteiger partial charge on any atom is -0.468 e. The van der Waals surface area contributed by atoms with E-state index in [0.29, 0.717) is 16.9 Å². The van der Waals surface area contributed by atoms with E-state index in [1.165, 1.54) is 14.2 Å². The standard InChI is InChI=1S/C22H20BrNO6/c1-21(18(25)28-2)16-14-6-4-5-7-15(14)30-20(27)22(16,19(26)29-3)17(24-21)12-8-10-13(23)11-9-12/h4-11,16-17,24H,1-3H3/t16-,17+,21+,22-/m1/s1. The first-order chi connectivity index (χ1) is 14.3. The summed E-state index contributed by atoms with van der Waals surface area (Å²) >= 11 is 3.39. The summed E-state index contributed by atoms with van der Waals surface area (Å²) in [6.45, 7) is 1.63. The Labute approximate surface area is 181 Å². The van der Waals surface area contributed by atoms with E-state index >= 15 is 0 Å². The molecule has 8 heteroatoms. The zero-order chi connectivity index (χ0) is 21.7. The van der Waals surface area contributed by atoms with E-state index in [2.05, 4.69) is 21.2 Å². The maximum atomic E-state index is 13.5. The van der Waals surface area contributed by atoms with Crippen LogP contribution < -0.4 is 10.1 Å². The Morgan fingerprint density at radius 3 is 2.30 bits per heavy atom. The van der Waals surface area contributed by atoms with Gasteiger partial charge in [0.05, 0.1) is 20.3 Å². The molecule has 2 aliphatic rings. The molecule has 1 saturated heterocycles. The number of hydrogen-bond acceptors (Lipinski definition) is 7. The molecule has 156 valence electrons. The third-order valence-corrected chi connectivity index (χ3v) is 6.57. The first kappa shape index (κ1) is 20.6. The first-order valence-corrected chi connectivity index (χ1v) is 10.1. The van der Waals surface area contributed by atoms with Gasteiger partial charge in [-0.2, -0.15) is 0 Å². The summed E-state index contributed by atoms with van der Waals surface area (Å²) < 4.78 is 16.7. The van der Waals surface area contributed by atoms with Gasteiger partial charge in [-0.25, -0.2) is 0 Å². The molecule has 1 N–H and O–H groups in total. The fourth-order valence-electron chi connectivity index (χ4n) is 4.79. The topological polar surface area (TPSA) is 90.9 Å². The number of rotatable bonds is 3. The van der Waals surface area contributed by atoms with Gasteiger partial charge >= 0.3 is 17.9 Å². The van der Waals surface area contributed by atoms with Crippen LogP contribution in [0.4, 0.5) is 0 Å². The minimum atomic E-state index is -1.82. The maximum Gasteiger partial charge on any atom is 0.331 e. The number of carbonyl (C=O) groups is 3. The fraction of sp³-hybridized carbons (Fsp3) is 0.318. The summed E-state index contributed by atoms with van der Waals surface area (Å²) in [5.41, 5.74) is -2.02. The van der Waals surface area contributed by atoms with Crippen molar-refractivity contribution in [3.63, 3.8) is 0 Å². The quantitative estimate of drug-likeness (QED) is 0.416. The van der Waals surface area contributed by atoms with Crippen LogP contribution in [-0.2, 0) is 23.9 Å². The molecule has 2 heterocycles. The second-order valence-electron chi connectivity index (χ2n) is 7.54. The number of nitrogens with one attached hydrogen (secondary N) is 1. The number of ether oxygens (including phenoxy) is 3. The number of esters is 3. The summed E-state index contributed by atoms with van der Waals surface area (Å²) in [5.74, 6) is -2.74. The van der Waals surface area contributed by atoms with E-state index in [4.69, 9.17) is 14.2 Å². The summed E-state index contributed by atoms with van der Waals surface area (Å²) in [5, 5.41) is 3.23. The number of halogens is 1. The highest BCUT2D eigenvalue weighted by Crippen LogP contribution is 2.62. The molecular formula is C22H20BrNO6. The monoisotopic (exact) mass is 473 g/mol. The summed E-state index contributed by atoms with van der Waals surface area (Å²) in [6.07, 6.45) is 0. The third kappa shape index (κ3) is 2.63. The largest absolute Gasteiger partial charge is 0.468 e. The fourth-order valence-corrected chi connectivity index (χ4v) is 5.05. The molecule has 2 aliphatic heterocycles. The Bertz CT molecular complexity index is 1040. The number of fused-ring (bicyclic) bond motifs is 3. The van der Waals surface area contributed by atoms with Gasteiger partial charge in [-0.05, 0) is 30.7 Å². The van der Waals surface area contributed by atoms with Crippen molar-refractivity contribution in [1.82, 2.24) is 5.32 Å². The van der Waals surface area contributed by atoms with E-state index in [9.17, 15) is 14.4 Å². The Balaban J connectivity index is 2.05. The molecule has 0 unspecified atom stereocenters. The predicted octanol–water partition coefficient (Wildman–Crippen LogP) is 2.89. The van der Waals surface area contributed by atoms with Gasteiger partial charge in [-0.15, -0.1) is 0 Å². The summed E-state index contributed by atoms with van der Waals surface area (Å²) in [4.78, 5) is 39.8. The highest BCUT2D eigenvalue weighted by atomic mass is 79.9. The molecular weight excluding hydrogens is 454 g/mol. The van der Waals surface area contributed by atoms with Crippen molar-refractivity contribution >= 4 is 33.8 Å². The van der Waals surface area contributed by atoms with Crippen LogP contribution in [0, 0.1) is 5.41 Å². The average molecular weight is 474 g/mol. The second-order valence-corrected chi connectivity index (χ2v) is 8.46. The highest BCUT2D eigenvalue weighted by molar-refractivity contribution is 9.10. The Morgan fingerprint density at radius 1 is 1.03 bits per heavy atom. The minimum absolute atomic E-state index is 0.306. The van der Waals surface area contributed by atoms with E-state index < -0.39 is 40.8 Å². The third-order valence-electron chi connectivity index (χ3n) is 6.04.